The smallest absolute Gasteiger partial charge is 0.191 e. The number of anilines is 2. The number of hydrogen-bond donors (Lipinski definition) is 1. The van der Waals surface area contributed by atoms with Gasteiger partial charge in [0.2, 0.25) is 0 Å². The number of thiazole rings is 1. The number of aryl methyl sites for hydroxylation is 1. The predicted octanol–water partition coefficient (Wildman–Crippen LogP) is 3.81. The van der Waals surface area contributed by atoms with Crippen LogP contribution in [0.4, 0.5) is 10.8 Å². The molecule has 0 fully saturated rings. The summed E-state index contributed by atoms with van der Waals surface area (Å²) >= 11 is 3.26. The molecule has 1 aromatic carbocycles. The van der Waals surface area contributed by atoms with Crippen molar-refractivity contribution in [3.63, 3.8) is 0 Å². The SMILES string of the molecule is COCCCn1cnnc1SCc1csc(Nc2ccccc2)n1. The van der Waals surface area contributed by atoms with Crippen LogP contribution in [0.3, 0.4) is 0 Å². The van der Waals surface area contributed by atoms with E-state index in [2.05, 4.69) is 30.4 Å². The topological polar surface area (TPSA) is 64.9 Å². The molecule has 0 aliphatic carbocycles. The van der Waals surface area contributed by atoms with Crippen molar-refractivity contribution in [2.45, 2.75) is 23.9 Å². The van der Waals surface area contributed by atoms with Crippen LogP contribution < -0.4 is 5.32 Å². The van der Waals surface area contributed by atoms with E-state index in [0.717, 1.165) is 47.0 Å². The Hall–Kier alpha value is -1.90. The molecule has 24 heavy (non-hydrogen) atoms. The van der Waals surface area contributed by atoms with Gasteiger partial charge in [0.25, 0.3) is 0 Å². The molecule has 0 spiro atoms. The van der Waals surface area contributed by atoms with Gasteiger partial charge in [-0.05, 0) is 18.6 Å². The minimum Gasteiger partial charge on any atom is -0.385 e. The summed E-state index contributed by atoms with van der Waals surface area (Å²) < 4.78 is 7.14. The molecule has 0 saturated carbocycles. The Morgan fingerprint density at radius 2 is 2.17 bits per heavy atom. The second kappa shape index (κ2) is 8.81. The van der Waals surface area contributed by atoms with E-state index < -0.39 is 0 Å². The Morgan fingerprint density at radius 1 is 1.29 bits per heavy atom. The fourth-order valence-corrected chi connectivity index (χ4v) is 3.77. The first-order chi connectivity index (χ1) is 11.8. The van der Waals surface area contributed by atoms with Gasteiger partial charge in [-0.2, -0.15) is 0 Å². The molecule has 0 atom stereocenters. The van der Waals surface area contributed by atoms with Crippen molar-refractivity contribution in [1.29, 1.82) is 0 Å². The van der Waals surface area contributed by atoms with Crippen molar-refractivity contribution in [2.24, 2.45) is 0 Å². The molecule has 3 aromatic rings. The Balaban J connectivity index is 1.53. The second-order valence-electron chi connectivity index (χ2n) is 5.08. The number of thioether (sulfide) groups is 1. The highest BCUT2D eigenvalue weighted by atomic mass is 32.2. The number of benzene rings is 1. The first-order valence-corrected chi connectivity index (χ1v) is 9.47. The summed E-state index contributed by atoms with van der Waals surface area (Å²) in [4.78, 5) is 4.62. The van der Waals surface area contributed by atoms with Crippen molar-refractivity contribution in [1.82, 2.24) is 19.7 Å². The lowest BCUT2D eigenvalue weighted by atomic mass is 10.3. The van der Waals surface area contributed by atoms with Gasteiger partial charge in [-0.1, -0.05) is 30.0 Å². The molecule has 0 aliphatic rings. The molecule has 6 nitrogen and oxygen atoms in total. The number of hydrogen-bond acceptors (Lipinski definition) is 7. The van der Waals surface area contributed by atoms with E-state index in [0.29, 0.717) is 0 Å². The number of ether oxygens (including phenoxy) is 1. The Labute approximate surface area is 149 Å². The van der Waals surface area contributed by atoms with E-state index in [1.54, 1.807) is 36.5 Å². The zero-order chi connectivity index (χ0) is 16.6. The molecular formula is C16H19N5OS2. The minimum absolute atomic E-state index is 0.739. The van der Waals surface area contributed by atoms with Crippen LogP contribution in [0.1, 0.15) is 12.1 Å². The van der Waals surface area contributed by atoms with E-state index in [9.17, 15) is 0 Å². The van der Waals surface area contributed by atoms with Crippen LogP contribution in [-0.4, -0.2) is 33.5 Å². The van der Waals surface area contributed by atoms with Crippen LogP contribution in [0.5, 0.6) is 0 Å². The van der Waals surface area contributed by atoms with E-state index >= 15 is 0 Å². The Kier molecular flexibility index (Phi) is 6.22. The lowest BCUT2D eigenvalue weighted by molar-refractivity contribution is 0.189. The Morgan fingerprint density at radius 3 is 3.00 bits per heavy atom. The molecule has 8 heteroatoms. The van der Waals surface area contributed by atoms with E-state index in [1.165, 1.54) is 0 Å². The number of para-hydroxylation sites is 1. The number of aromatic nitrogens is 4. The number of nitrogens with one attached hydrogen (secondary N) is 1. The normalized spacial score (nSPS) is 10.9. The zero-order valence-electron chi connectivity index (χ0n) is 13.4. The van der Waals surface area contributed by atoms with Gasteiger partial charge in [-0.25, -0.2) is 4.98 Å². The van der Waals surface area contributed by atoms with Gasteiger partial charge in [0.15, 0.2) is 10.3 Å². The van der Waals surface area contributed by atoms with Gasteiger partial charge in [-0.15, -0.1) is 21.5 Å². The lowest BCUT2D eigenvalue weighted by Gasteiger charge is -2.05. The summed E-state index contributed by atoms with van der Waals surface area (Å²) in [6, 6.07) is 10.1. The molecule has 0 amide bonds. The van der Waals surface area contributed by atoms with E-state index in [1.807, 2.05) is 30.3 Å². The average Bonchev–Trinajstić information content (AvgIpc) is 3.23. The van der Waals surface area contributed by atoms with Gasteiger partial charge in [0, 0.05) is 37.1 Å². The van der Waals surface area contributed by atoms with Crippen LogP contribution in [-0.2, 0) is 17.0 Å². The summed E-state index contributed by atoms with van der Waals surface area (Å²) in [5, 5.41) is 15.4. The molecule has 0 unspecified atom stereocenters. The molecule has 1 N–H and O–H groups in total. The highest BCUT2D eigenvalue weighted by Gasteiger charge is 2.08. The van der Waals surface area contributed by atoms with Gasteiger partial charge in [0.05, 0.1) is 5.69 Å². The highest BCUT2D eigenvalue weighted by molar-refractivity contribution is 7.98. The summed E-state index contributed by atoms with van der Waals surface area (Å²) in [6.45, 7) is 1.60. The Bertz CT molecular complexity index is 744. The van der Waals surface area contributed by atoms with Crippen molar-refractivity contribution < 1.29 is 4.74 Å². The largest absolute Gasteiger partial charge is 0.385 e. The lowest BCUT2D eigenvalue weighted by Crippen LogP contribution is -2.02. The summed E-state index contributed by atoms with van der Waals surface area (Å²) in [7, 11) is 1.71. The number of nitrogens with zero attached hydrogens (tertiary/aromatic N) is 4. The molecule has 3 rings (SSSR count). The molecule has 0 saturated heterocycles. The average molecular weight is 361 g/mol. The summed E-state index contributed by atoms with van der Waals surface area (Å²) in [5.41, 5.74) is 2.08. The maximum Gasteiger partial charge on any atom is 0.191 e. The van der Waals surface area contributed by atoms with Crippen molar-refractivity contribution >= 4 is 33.9 Å². The van der Waals surface area contributed by atoms with Gasteiger partial charge in [0.1, 0.15) is 6.33 Å². The fraction of sp³-hybridized carbons (Fsp3) is 0.312. The van der Waals surface area contributed by atoms with Crippen LogP contribution in [0.25, 0.3) is 0 Å². The van der Waals surface area contributed by atoms with Crippen LogP contribution in [0.2, 0.25) is 0 Å². The van der Waals surface area contributed by atoms with Crippen LogP contribution in [0, 0.1) is 0 Å². The molecule has 0 bridgehead atoms. The monoisotopic (exact) mass is 361 g/mol. The fourth-order valence-electron chi connectivity index (χ4n) is 2.10. The number of methoxy groups -OCH3 is 1. The zero-order valence-corrected chi connectivity index (χ0v) is 15.0. The predicted molar refractivity (Wildman–Crippen MR) is 97.9 cm³/mol. The quantitative estimate of drug-likeness (QED) is 0.462. The molecule has 126 valence electrons. The first-order valence-electron chi connectivity index (χ1n) is 7.61. The van der Waals surface area contributed by atoms with Gasteiger partial charge >= 0.3 is 0 Å². The third-order valence-corrected chi connectivity index (χ3v) is 5.07. The van der Waals surface area contributed by atoms with Crippen molar-refractivity contribution in [2.75, 3.05) is 19.0 Å². The molecular weight excluding hydrogens is 342 g/mol. The third kappa shape index (κ3) is 4.80. The van der Waals surface area contributed by atoms with Crippen molar-refractivity contribution in [3.05, 3.63) is 47.7 Å². The standard InChI is InChI=1S/C16H19N5OS2/c1-22-9-5-8-21-12-17-20-16(21)24-11-14-10-23-15(19-14)18-13-6-3-2-4-7-13/h2-4,6-7,10,12H,5,8-9,11H2,1H3,(H,18,19). The van der Waals surface area contributed by atoms with Crippen LogP contribution in [0.15, 0.2) is 47.2 Å². The number of rotatable bonds is 9. The van der Waals surface area contributed by atoms with Gasteiger partial charge in [-0.3, -0.25) is 0 Å². The van der Waals surface area contributed by atoms with Crippen molar-refractivity contribution in [3.8, 4) is 0 Å². The molecule has 0 radical (unpaired) electrons. The second-order valence-corrected chi connectivity index (χ2v) is 6.88. The van der Waals surface area contributed by atoms with Crippen LogP contribution >= 0.6 is 23.1 Å². The maximum atomic E-state index is 5.08. The first kappa shape index (κ1) is 16.9. The summed E-state index contributed by atoms with van der Waals surface area (Å²) in [5.74, 6) is 0.774. The molecule has 0 aliphatic heterocycles. The highest BCUT2D eigenvalue weighted by Crippen LogP contribution is 2.25. The van der Waals surface area contributed by atoms with E-state index in [4.69, 9.17) is 4.74 Å². The minimum atomic E-state index is 0.739. The molecule has 2 aromatic heterocycles. The van der Waals surface area contributed by atoms with Gasteiger partial charge < -0.3 is 14.6 Å². The van der Waals surface area contributed by atoms with E-state index in [-0.39, 0.29) is 0 Å². The third-order valence-electron chi connectivity index (χ3n) is 3.25. The molecule has 2 heterocycles. The summed E-state index contributed by atoms with van der Waals surface area (Å²) in [6.07, 6.45) is 2.71. The maximum absolute atomic E-state index is 5.08.